The zero-order valence-electron chi connectivity index (χ0n) is 23.7. The predicted molar refractivity (Wildman–Crippen MR) is 157 cm³/mol. The molecule has 0 unspecified atom stereocenters. The summed E-state index contributed by atoms with van der Waals surface area (Å²) in [6.45, 7) is 4.74. The standard InChI is InChI=1S/C32H35F3N2O4S/c1-24-4-6-25(7-5-24)8-17-31(38)26-9-13-29(14-10-26)41-23-3-20-37-21-18-28(19-22-37)36(2)42(39,40)30-15-11-27(12-16-30)32(33,34)35/h4-17,28H,3,18-23H2,1-2H3. The summed E-state index contributed by atoms with van der Waals surface area (Å²) in [7, 11) is -2.41. The third kappa shape index (κ3) is 8.30. The van der Waals surface area contributed by atoms with Crippen molar-refractivity contribution in [3.05, 3.63) is 101 Å². The predicted octanol–water partition coefficient (Wildman–Crippen LogP) is 6.46. The number of nitrogens with zero attached hydrogens (tertiary/aromatic N) is 2. The van der Waals surface area contributed by atoms with E-state index in [4.69, 9.17) is 4.74 Å². The first-order chi connectivity index (χ1) is 19.9. The molecule has 0 aliphatic carbocycles. The van der Waals surface area contributed by atoms with Crippen LogP contribution in [0.3, 0.4) is 0 Å². The van der Waals surface area contributed by atoms with Gasteiger partial charge in [-0.3, -0.25) is 4.79 Å². The number of allylic oxidation sites excluding steroid dienone is 1. The number of hydrogen-bond donors (Lipinski definition) is 0. The van der Waals surface area contributed by atoms with E-state index in [1.165, 1.54) is 11.4 Å². The Balaban J connectivity index is 1.17. The smallest absolute Gasteiger partial charge is 0.416 e. The van der Waals surface area contributed by atoms with Gasteiger partial charge in [0.25, 0.3) is 0 Å². The summed E-state index contributed by atoms with van der Waals surface area (Å²) in [4.78, 5) is 14.6. The molecule has 4 rings (SSSR count). The quantitative estimate of drug-likeness (QED) is 0.144. The third-order valence-corrected chi connectivity index (χ3v) is 9.38. The van der Waals surface area contributed by atoms with E-state index in [0.29, 0.717) is 43.9 Å². The fourth-order valence-corrected chi connectivity index (χ4v) is 6.24. The van der Waals surface area contributed by atoms with Gasteiger partial charge in [-0.05, 0) is 99.4 Å². The fraction of sp³-hybridized carbons (Fsp3) is 0.344. The van der Waals surface area contributed by atoms with Gasteiger partial charge in [0.15, 0.2) is 5.78 Å². The molecule has 1 aliphatic rings. The Labute approximate surface area is 245 Å². The van der Waals surface area contributed by atoms with E-state index < -0.39 is 21.8 Å². The molecule has 0 spiro atoms. The summed E-state index contributed by atoms with van der Waals surface area (Å²) < 4.78 is 71.6. The van der Waals surface area contributed by atoms with Crippen LogP contribution in [0.25, 0.3) is 6.08 Å². The Hall–Kier alpha value is -3.47. The first-order valence-corrected chi connectivity index (χ1v) is 15.3. The molecule has 0 radical (unpaired) electrons. The number of aryl methyl sites for hydroxylation is 1. The van der Waals surface area contributed by atoms with Crippen molar-refractivity contribution in [3.63, 3.8) is 0 Å². The van der Waals surface area contributed by atoms with Crippen LogP contribution < -0.4 is 4.74 Å². The molecule has 3 aromatic rings. The highest BCUT2D eigenvalue weighted by atomic mass is 32.2. The average molecular weight is 601 g/mol. The van der Waals surface area contributed by atoms with Gasteiger partial charge in [0.05, 0.1) is 17.1 Å². The van der Waals surface area contributed by atoms with Crippen LogP contribution in [0.1, 0.15) is 46.3 Å². The van der Waals surface area contributed by atoms with Crippen LogP contribution in [0.15, 0.2) is 83.8 Å². The normalized spacial score (nSPS) is 15.4. The first kappa shape index (κ1) is 31.5. The highest BCUT2D eigenvalue weighted by Gasteiger charge is 2.33. The maximum atomic E-state index is 13.0. The fourth-order valence-electron chi connectivity index (χ4n) is 4.82. The Morgan fingerprint density at radius 1 is 0.976 bits per heavy atom. The molecule has 3 aromatic carbocycles. The summed E-state index contributed by atoms with van der Waals surface area (Å²) >= 11 is 0. The highest BCUT2D eigenvalue weighted by Crippen LogP contribution is 2.31. The third-order valence-electron chi connectivity index (χ3n) is 7.46. The van der Waals surface area contributed by atoms with Crippen molar-refractivity contribution in [2.24, 2.45) is 0 Å². The van der Waals surface area contributed by atoms with E-state index in [2.05, 4.69) is 4.90 Å². The molecular weight excluding hydrogens is 565 g/mol. The zero-order chi connectivity index (χ0) is 30.3. The SMILES string of the molecule is Cc1ccc(C=CC(=O)c2ccc(OCCCN3CCC(N(C)S(=O)(=O)c4ccc(C(F)(F)F)cc4)CC3)cc2)cc1. The van der Waals surface area contributed by atoms with Crippen LogP contribution in [0.5, 0.6) is 5.75 Å². The number of hydrogen-bond acceptors (Lipinski definition) is 5. The zero-order valence-corrected chi connectivity index (χ0v) is 24.5. The lowest BCUT2D eigenvalue weighted by molar-refractivity contribution is -0.137. The van der Waals surface area contributed by atoms with E-state index >= 15 is 0 Å². The second kappa shape index (κ2) is 13.7. The number of carbonyl (C=O) groups excluding carboxylic acids is 1. The van der Waals surface area contributed by atoms with Crippen molar-refractivity contribution in [1.29, 1.82) is 0 Å². The Morgan fingerprint density at radius 3 is 2.19 bits per heavy atom. The van der Waals surface area contributed by atoms with Crippen molar-refractivity contribution in [2.45, 2.75) is 43.3 Å². The molecule has 224 valence electrons. The van der Waals surface area contributed by atoms with Crippen molar-refractivity contribution in [2.75, 3.05) is 33.3 Å². The molecule has 0 bridgehead atoms. The van der Waals surface area contributed by atoms with Gasteiger partial charge in [-0.2, -0.15) is 17.5 Å². The number of alkyl halides is 3. The monoisotopic (exact) mass is 600 g/mol. The minimum Gasteiger partial charge on any atom is -0.494 e. The van der Waals surface area contributed by atoms with Gasteiger partial charge in [0.1, 0.15) is 5.75 Å². The van der Waals surface area contributed by atoms with Crippen molar-refractivity contribution in [1.82, 2.24) is 9.21 Å². The van der Waals surface area contributed by atoms with Crippen LogP contribution in [0, 0.1) is 6.92 Å². The summed E-state index contributed by atoms with van der Waals surface area (Å²) in [6.07, 6.45) is 0.883. The molecule has 10 heteroatoms. The van der Waals surface area contributed by atoms with E-state index in [9.17, 15) is 26.4 Å². The van der Waals surface area contributed by atoms with Gasteiger partial charge < -0.3 is 9.64 Å². The topological polar surface area (TPSA) is 66.9 Å². The minimum atomic E-state index is -4.52. The number of likely N-dealkylation sites (tertiary alicyclic amines) is 1. The summed E-state index contributed by atoms with van der Waals surface area (Å²) in [5, 5.41) is 0. The molecule has 0 aromatic heterocycles. The molecule has 1 saturated heterocycles. The number of ketones is 1. The van der Waals surface area contributed by atoms with Gasteiger partial charge in [-0.15, -0.1) is 0 Å². The largest absolute Gasteiger partial charge is 0.494 e. The Bertz CT molecular complexity index is 1460. The second-order valence-electron chi connectivity index (χ2n) is 10.5. The van der Waals surface area contributed by atoms with Gasteiger partial charge in [-0.1, -0.05) is 35.9 Å². The number of piperidine rings is 1. The van der Waals surface area contributed by atoms with Gasteiger partial charge >= 0.3 is 6.18 Å². The maximum Gasteiger partial charge on any atom is 0.416 e. The van der Waals surface area contributed by atoms with Crippen LogP contribution in [0.2, 0.25) is 0 Å². The average Bonchev–Trinajstić information content (AvgIpc) is 2.98. The van der Waals surface area contributed by atoms with E-state index in [-0.39, 0.29) is 16.7 Å². The molecule has 1 heterocycles. The van der Waals surface area contributed by atoms with Crippen LogP contribution in [-0.2, 0) is 16.2 Å². The lowest BCUT2D eigenvalue weighted by Crippen LogP contribution is -2.45. The van der Waals surface area contributed by atoms with Crippen LogP contribution >= 0.6 is 0 Å². The Kier molecular flexibility index (Phi) is 10.2. The highest BCUT2D eigenvalue weighted by molar-refractivity contribution is 7.89. The Morgan fingerprint density at radius 2 is 1.60 bits per heavy atom. The molecule has 6 nitrogen and oxygen atoms in total. The molecule has 0 N–H and O–H groups in total. The lowest BCUT2D eigenvalue weighted by atomic mass is 10.1. The van der Waals surface area contributed by atoms with E-state index in [1.54, 1.807) is 36.4 Å². The lowest BCUT2D eigenvalue weighted by Gasteiger charge is -2.36. The number of carbonyl (C=O) groups is 1. The number of benzene rings is 3. The molecule has 42 heavy (non-hydrogen) atoms. The van der Waals surface area contributed by atoms with Crippen molar-refractivity contribution >= 4 is 21.9 Å². The van der Waals surface area contributed by atoms with Gasteiger partial charge in [0, 0.05) is 25.2 Å². The van der Waals surface area contributed by atoms with E-state index in [0.717, 1.165) is 48.4 Å². The number of ether oxygens (including phenoxy) is 1. The van der Waals surface area contributed by atoms with Crippen LogP contribution in [0.4, 0.5) is 13.2 Å². The maximum absolute atomic E-state index is 13.0. The number of rotatable bonds is 11. The minimum absolute atomic E-state index is 0.0802. The molecule has 1 fully saturated rings. The van der Waals surface area contributed by atoms with Gasteiger partial charge in [0.2, 0.25) is 10.0 Å². The van der Waals surface area contributed by atoms with Gasteiger partial charge in [-0.25, -0.2) is 8.42 Å². The molecular formula is C32H35F3N2O4S. The van der Waals surface area contributed by atoms with E-state index in [1.807, 2.05) is 31.2 Å². The van der Waals surface area contributed by atoms with Crippen LogP contribution in [-0.4, -0.2) is 62.7 Å². The number of halogens is 3. The van der Waals surface area contributed by atoms with Crippen molar-refractivity contribution < 1.29 is 31.1 Å². The molecule has 0 saturated carbocycles. The molecule has 0 amide bonds. The molecule has 0 atom stereocenters. The number of sulfonamides is 1. The summed E-state index contributed by atoms with van der Waals surface area (Å²) in [6, 6.07) is 18.4. The summed E-state index contributed by atoms with van der Waals surface area (Å²) in [5.74, 6) is 0.603. The van der Waals surface area contributed by atoms with Crippen molar-refractivity contribution in [3.8, 4) is 5.75 Å². The summed E-state index contributed by atoms with van der Waals surface area (Å²) in [5.41, 5.74) is 1.83. The molecule has 1 aliphatic heterocycles. The second-order valence-corrected chi connectivity index (χ2v) is 12.4. The first-order valence-electron chi connectivity index (χ1n) is 13.8.